The maximum atomic E-state index is 9.58. The van der Waals surface area contributed by atoms with Crippen molar-refractivity contribution in [2.45, 2.75) is 44.8 Å². The number of anilines is 1. The van der Waals surface area contributed by atoms with Gasteiger partial charge in [0.25, 0.3) is 0 Å². The van der Waals surface area contributed by atoms with E-state index in [2.05, 4.69) is 49.5 Å². The highest BCUT2D eigenvalue weighted by atomic mass is 16.5. The number of nitrogens with one attached hydrogen (secondary N) is 1. The van der Waals surface area contributed by atoms with E-state index in [0.29, 0.717) is 17.6 Å². The van der Waals surface area contributed by atoms with E-state index < -0.39 is 0 Å². The second kappa shape index (κ2) is 6.47. The van der Waals surface area contributed by atoms with Crippen molar-refractivity contribution in [3.05, 3.63) is 65.7 Å². The van der Waals surface area contributed by atoms with Gasteiger partial charge in [-0.2, -0.15) is 0 Å². The molecule has 2 aromatic rings. The number of allylic oxidation sites excluding steroid dienone is 2. The van der Waals surface area contributed by atoms with E-state index in [4.69, 9.17) is 4.74 Å². The molecule has 0 saturated heterocycles. The summed E-state index contributed by atoms with van der Waals surface area (Å²) >= 11 is 0. The summed E-state index contributed by atoms with van der Waals surface area (Å²) in [6, 6.07) is 14.2. The molecule has 0 saturated carbocycles. The van der Waals surface area contributed by atoms with E-state index in [-0.39, 0.29) is 12.1 Å². The fourth-order valence-corrected chi connectivity index (χ4v) is 3.97. The third kappa shape index (κ3) is 2.99. The molecule has 1 aliphatic carbocycles. The molecular weight excluding hydrogens is 310 g/mol. The van der Waals surface area contributed by atoms with Crippen LogP contribution in [0.3, 0.4) is 0 Å². The van der Waals surface area contributed by atoms with Gasteiger partial charge in [-0.25, -0.2) is 0 Å². The zero-order valence-corrected chi connectivity index (χ0v) is 14.8. The Labute approximate surface area is 149 Å². The predicted octanol–water partition coefficient (Wildman–Crippen LogP) is 5.40. The van der Waals surface area contributed by atoms with Crippen molar-refractivity contribution in [3.63, 3.8) is 0 Å². The van der Waals surface area contributed by atoms with Crippen LogP contribution in [0.25, 0.3) is 0 Å². The van der Waals surface area contributed by atoms with Crippen LogP contribution in [0.5, 0.6) is 11.5 Å². The van der Waals surface area contributed by atoms with Crippen molar-refractivity contribution < 1.29 is 9.84 Å². The largest absolute Gasteiger partial charge is 0.508 e. The number of ether oxygens (including phenoxy) is 1. The maximum absolute atomic E-state index is 9.58. The lowest BCUT2D eigenvalue weighted by Gasteiger charge is -2.37. The fourth-order valence-electron chi connectivity index (χ4n) is 3.97. The van der Waals surface area contributed by atoms with Crippen molar-refractivity contribution in [1.82, 2.24) is 0 Å². The summed E-state index contributed by atoms with van der Waals surface area (Å²) < 4.78 is 6.02. The average molecular weight is 335 g/mol. The lowest BCUT2D eigenvalue weighted by molar-refractivity contribution is 0.217. The number of phenolic OH excluding ortho intramolecular Hbond substituents is 1. The molecule has 2 aromatic carbocycles. The van der Waals surface area contributed by atoms with E-state index in [1.54, 1.807) is 12.1 Å². The van der Waals surface area contributed by atoms with Gasteiger partial charge in [-0.15, -0.1) is 0 Å². The topological polar surface area (TPSA) is 41.5 Å². The van der Waals surface area contributed by atoms with Gasteiger partial charge in [0.15, 0.2) is 0 Å². The first kappa shape index (κ1) is 16.1. The van der Waals surface area contributed by atoms with Gasteiger partial charge >= 0.3 is 0 Å². The molecule has 1 aliphatic heterocycles. The molecular formula is C22H25NO2. The van der Waals surface area contributed by atoms with Crippen LogP contribution >= 0.6 is 0 Å². The highest BCUT2D eigenvalue weighted by Crippen LogP contribution is 2.50. The van der Waals surface area contributed by atoms with E-state index in [1.165, 1.54) is 16.8 Å². The summed E-state index contributed by atoms with van der Waals surface area (Å²) in [6.45, 7) is 4.25. The van der Waals surface area contributed by atoms with Crippen LogP contribution in [-0.4, -0.2) is 11.2 Å². The number of fused-ring (bicyclic) bond motifs is 3. The predicted molar refractivity (Wildman–Crippen MR) is 101 cm³/mol. The van der Waals surface area contributed by atoms with E-state index in [0.717, 1.165) is 18.6 Å². The maximum Gasteiger partial charge on any atom is 0.120 e. The Balaban J connectivity index is 1.67. The van der Waals surface area contributed by atoms with E-state index in [9.17, 15) is 5.11 Å². The van der Waals surface area contributed by atoms with Crippen LogP contribution in [0, 0.1) is 5.92 Å². The zero-order chi connectivity index (χ0) is 17.4. The van der Waals surface area contributed by atoms with Crippen LogP contribution in [-0.2, 0) is 0 Å². The minimum atomic E-state index is 0.231. The molecule has 3 nitrogen and oxygen atoms in total. The second-order valence-electron chi connectivity index (χ2n) is 7.15. The molecule has 0 fully saturated rings. The summed E-state index contributed by atoms with van der Waals surface area (Å²) in [5, 5.41) is 13.3. The van der Waals surface area contributed by atoms with Crippen LogP contribution in [0.15, 0.2) is 54.6 Å². The number of aromatic hydroxyl groups is 1. The van der Waals surface area contributed by atoms with Gasteiger partial charge in [0.1, 0.15) is 11.5 Å². The van der Waals surface area contributed by atoms with Crippen LogP contribution < -0.4 is 10.1 Å². The highest BCUT2D eigenvalue weighted by molar-refractivity contribution is 5.61. The van der Waals surface area contributed by atoms with E-state index >= 15 is 0 Å². The molecule has 4 rings (SSSR count). The molecule has 1 heterocycles. The number of hydrogen-bond acceptors (Lipinski definition) is 3. The molecule has 2 aliphatic rings. The summed E-state index contributed by atoms with van der Waals surface area (Å²) in [5.41, 5.74) is 3.74. The zero-order valence-electron chi connectivity index (χ0n) is 14.8. The number of benzene rings is 2. The average Bonchev–Trinajstić information content (AvgIpc) is 3.12. The molecule has 130 valence electrons. The molecule has 0 bridgehead atoms. The van der Waals surface area contributed by atoms with Gasteiger partial charge in [-0.05, 0) is 67.1 Å². The smallest absolute Gasteiger partial charge is 0.120 e. The molecule has 0 amide bonds. The minimum absolute atomic E-state index is 0.231. The monoisotopic (exact) mass is 335 g/mol. The third-order valence-electron chi connectivity index (χ3n) is 5.50. The quantitative estimate of drug-likeness (QED) is 0.735. The molecule has 3 heteroatoms. The first-order valence-electron chi connectivity index (χ1n) is 9.18. The Morgan fingerprint density at radius 2 is 2.00 bits per heavy atom. The van der Waals surface area contributed by atoms with Gasteiger partial charge in [0.2, 0.25) is 0 Å². The van der Waals surface area contributed by atoms with Crippen LogP contribution in [0.1, 0.15) is 49.8 Å². The lowest BCUT2D eigenvalue weighted by atomic mass is 9.77. The first-order chi connectivity index (χ1) is 12.2. The summed E-state index contributed by atoms with van der Waals surface area (Å²) in [4.78, 5) is 0. The van der Waals surface area contributed by atoms with Crippen molar-refractivity contribution >= 4 is 5.69 Å². The fraction of sp³-hybridized carbons (Fsp3) is 0.364. The second-order valence-corrected chi connectivity index (χ2v) is 7.15. The molecule has 0 aromatic heterocycles. The SMILES string of the molecule is CCC(C)Oc1ccc2c(c1)C1C=CCC1C(c1ccc(O)cc1)N2. The Morgan fingerprint density at radius 1 is 1.20 bits per heavy atom. The summed E-state index contributed by atoms with van der Waals surface area (Å²) in [6.07, 6.45) is 6.93. The minimum Gasteiger partial charge on any atom is -0.508 e. The number of hydrogen-bond donors (Lipinski definition) is 2. The Morgan fingerprint density at radius 3 is 2.76 bits per heavy atom. The highest BCUT2D eigenvalue weighted by Gasteiger charge is 2.38. The van der Waals surface area contributed by atoms with Gasteiger partial charge in [0, 0.05) is 11.6 Å². The number of rotatable bonds is 4. The van der Waals surface area contributed by atoms with E-state index in [1.807, 2.05) is 12.1 Å². The first-order valence-corrected chi connectivity index (χ1v) is 9.18. The standard InChI is InChI=1S/C22H25NO2/c1-3-14(2)25-17-11-12-21-20(13-17)18-5-4-6-19(18)22(23-21)15-7-9-16(24)10-8-15/h4-5,7-14,18-19,22-24H,3,6H2,1-2H3. The van der Waals surface area contributed by atoms with Gasteiger partial charge < -0.3 is 15.2 Å². The van der Waals surface area contributed by atoms with Crippen LogP contribution in [0.4, 0.5) is 5.69 Å². The molecule has 2 N–H and O–H groups in total. The molecule has 0 radical (unpaired) electrons. The lowest BCUT2D eigenvalue weighted by Crippen LogP contribution is -2.29. The van der Waals surface area contributed by atoms with Gasteiger partial charge in [0.05, 0.1) is 12.1 Å². The molecule has 25 heavy (non-hydrogen) atoms. The number of phenols is 1. The summed E-state index contributed by atoms with van der Waals surface area (Å²) in [7, 11) is 0. The molecule has 4 atom stereocenters. The molecule has 0 spiro atoms. The van der Waals surface area contributed by atoms with Crippen molar-refractivity contribution in [1.29, 1.82) is 0 Å². The van der Waals surface area contributed by atoms with Crippen LogP contribution in [0.2, 0.25) is 0 Å². The summed E-state index contributed by atoms with van der Waals surface area (Å²) in [5.74, 6) is 2.18. The van der Waals surface area contributed by atoms with Gasteiger partial charge in [-0.1, -0.05) is 31.2 Å². The van der Waals surface area contributed by atoms with Crippen molar-refractivity contribution in [2.75, 3.05) is 5.32 Å². The normalized spacial score (nSPS) is 25.0. The molecule has 4 unspecified atom stereocenters. The van der Waals surface area contributed by atoms with Crippen molar-refractivity contribution in [2.24, 2.45) is 5.92 Å². The van der Waals surface area contributed by atoms with Crippen molar-refractivity contribution in [3.8, 4) is 11.5 Å². The van der Waals surface area contributed by atoms with Gasteiger partial charge in [-0.3, -0.25) is 0 Å². The Bertz CT molecular complexity index is 781. The third-order valence-corrected chi connectivity index (χ3v) is 5.50. The Kier molecular flexibility index (Phi) is 4.16. The Hall–Kier alpha value is -2.42.